The van der Waals surface area contributed by atoms with Crippen LogP contribution in [-0.2, 0) is 4.74 Å². The van der Waals surface area contributed by atoms with Crippen molar-refractivity contribution < 1.29 is 9.15 Å². The summed E-state index contributed by atoms with van der Waals surface area (Å²) >= 11 is 3.44. The minimum absolute atomic E-state index is 0.172. The molecule has 1 saturated heterocycles. The Morgan fingerprint density at radius 3 is 2.95 bits per heavy atom. The number of halogens is 1. The van der Waals surface area contributed by atoms with Gasteiger partial charge < -0.3 is 14.1 Å². The van der Waals surface area contributed by atoms with Gasteiger partial charge >= 0.3 is 0 Å². The summed E-state index contributed by atoms with van der Waals surface area (Å²) in [5.41, 5.74) is 1.51. The standard InChI is InChI=1S/C14H17BrN2O2/c1-9-7-17(8-14(2,3)19-9)13-16-11-5-4-10(15)6-12(11)18-13/h4-6,9H,7-8H2,1-3H3. The zero-order valence-electron chi connectivity index (χ0n) is 11.3. The van der Waals surface area contributed by atoms with Crippen LogP contribution in [0, 0.1) is 0 Å². The Labute approximate surface area is 120 Å². The smallest absolute Gasteiger partial charge is 0.298 e. The minimum Gasteiger partial charge on any atom is -0.423 e. The molecule has 1 unspecified atom stereocenters. The first-order valence-corrected chi connectivity index (χ1v) is 7.21. The maximum atomic E-state index is 5.90. The number of benzene rings is 1. The summed E-state index contributed by atoms with van der Waals surface area (Å²) in [6.07, 6.45) is 0.172. The monoisotopic (exact) mass is 324 g/mol. The van der Waals surface area contributed by atoms with E-state index in [1.54, 1.807) is 0 Å². The van der Waals surface area contributed by atoms with Crippen molar-refractivity contribution in [1.82, 2.24) is 4.98 Å². The van der Waals surface area contributed by atoms with Gasteiger partial charge in [0.2, 0.25) is 0 Å². The van der Waals surface area contributed by atoms with Gasteiger partial charge in [0.25, 0.3) is 6.01 Å². The molecular weight excluding hydrogens is 308 g/mol. The number of ether oxygens (including phenoxy) is 1. The van der Waals surface area contributed by atoms with Crippen LogP contribution in [0.5, 0.6) is 0 Å². The van der Waals surface area contributed by atoms with E-state index in [1.807, 2.05) is 18.2 Å². The SMILES string of the molecule is CC1CN(c2nc3ccc(Br)cc3o2)CC(C)(C)O1. The molecule has 1 aliphatic rings. The molecule has 0 spiro atoms. The van der Waals surface area contributed by atoms with Crippen LogP contribution >= 0.6 is 15.9 Å². The highest BCUT2D eigenvalue weighted by Crippen LogP contribution is 2.29. The van der Waals surface area contributed by atoms with Gasteiger partial charge in [-0.1, -0.05) is 15.9 Å². The average Bonchev–Trinajstić information content (AvgIpc) is 2.69. The van der Waals surface area contributed by atoms with Gasteiger partial charge in [-0.15, -0.1) is 0 Å². The van der Waals surface area contributed by atoms with E-state index in [1.165, 1.54) is 0 Å². The number of oxazole rings is 1. The van der Waals surface area contributed by atoms with Crippen molar-refractivity contribution in [3.05, 3.63) is 22.7 Å². The molecule has 0 bridgehead atoms. The topological polar surface area (TPSA) is 38.5 Å². The molecule has 0 N–H and O–H groups in total. The van der Waals surface area contributed by atoms with Gasteiger partial charge in [0, 0.05) is 11.0 Å². The predicted octanol–water partition coefficient (Wildman–Crippen LogP) is 3.59. The molecular formula is C14H17BrN2O2. The van der Waals surface area contributed by atoms with Crippen molar-refractivity contribution in [3.63, 3.8) is 0 Å². The van der Waals surface area contributed by atoms with E-state index in [9.17, 15) is 0 Å². The quantitative estimate of drug-likeness (QED) is 0.803. The van der Waals surface area contributed by atoms with E-state index in [2.05, 4.69) is 46.6 Å². The van der Waals surface area contributed by atoms with Crippen LogP contribution in [0.2, 0.25) is 0 Å². The van der Waals surface area contributed by atoms with Crippen LogP contribution in [0.25, 0.3) is 11.1 Å². The van der Waals surface area contributed by atoms with Gasteiger partial charge in [-0.05, 0) is 39.0 Å². The largest absolute Gasteiger partial charge is 0.423 e. The lowest BCUT2D eigenvalue weighted by Gasteiger charge is -2.40. The zero-order valence-corrected chi connectivity index (χ0v) is 12.9. The minimum atomic E-state index is -0.182. The van der Waals surface area contributed by atoms with E-state index in [0.717, 1.165) is 28.7 Å². The van der Waals surface area contributed by atoms with E-state index in [4.69, 9.17) is 9.15 Å². The molecule has 102 valence electrons. The molecule has 0 saturated carbocycles. The molecule has 1 aromatic carbocycles. The first kappa shape index (κ1) is 12.9. The second-order valence-electron chi connectivity index (χ2n) is 5.68. The van der Waals surface area contributed by atoms with Crippen LogP contribution in [0.3, 0.4) is 0 Å². The number of rotatable bonds is 1. The number of anilines is 1. The van der Waals surface area contributed by atoms with E-state index < -0.39 is 0 Å². The van der Waals surface area contributed by atoms with Crippen LogP contribution < -0.4 is 4.90 Å². The molecule has 2 aromatic rings. The van der Waals surface area contributed by atoms with Crippen molar-refractivity contribution in [2.45, 2.75) is 32.5 Å². The van der Waals surface area contributed by atoms with Crippen molar-refractivity contribution in [2.24, 2.45) is 0 Å². The van der Waals surface area contributed by atoms with Gasteiger partial charge in [0.1, 0.15) is 5.52 Å². The Bertz CT molecular complexity index is 609. The molecule has 3 rings (SSSR count). The molecule has 19 heavy (non-hydrogen) atoms. The van der Waals surface area contributed by atoms with E-state index >= 15 is 0 Å². The lowest BCUT2D eigenvalue weighted by Crippen LogP contribution is -2.52. The Balaban J connectivity index is 1.95. The summed E-state index contributed by atoms with van der Waals surface area (Å²) in [6, 6.07) is 6.55. The number of nitrogens with zero attached hydrogens (tertiary/aromatic N) is 2. The number of fused-ring (bicyclic) bond motifs is 1. The molecule has 1 fully saturated rings. The van der Waals surface area contributed by atoms with Gasteiger partial charge in [-0.2, -0.15) is 4.98 Å². The fourth-order valence-corrected chi connectivity index (χ4v) is 2.96. The van der Waals surface area contributed by atoms with Crippen molar-refractivity contribution in [2.75, 3.05) is 18.0 Å². The molecule has 5 heteroatoms. The second kappa shape index (κ2) is 4.49. The third-order valence-electron chi connectivity index (χ3n) is 3.18. The first-order chi connectivity index (χ1) is 8.93. The lowest BCUT2D eigenvalue weighted by atomic mass is 10.1. The van der Waals surface area contributed by atoms with E-state index in [-0.39, 0.29) is 11.7 Å². The van der Waals surface area contributed by atoms with Gasteiger partial charge in [-0.3, -0.25) is 0 Å². The molecule has 0 amide bonds. The highest BCUT2D eigenvalue weighted by atomic mass is 79.9. The Hall–Kier alpha value is -1.07. The van der Waals surface area contributed by atoms with Crippen LogP contribution in [0.4, 0.5) is 6.01 Å². The average molecular weight is 325 g/mol. The van der Waals surface area contributed by atoms with Crippen LogP contribution in [-0.4, -0.2) is 29.8 Å². The maximum absolute atomic E-state index is 5.90. The van der Waals surface area contributed by atoms with Gasteiger partial charge in [0.05, 0.1) is 18.2 Å². The fourth-order valence-electron chi connectivity index (χ4n) is 2.62. The molecule has 2 heterocycles. The summed E-state index contributed by atoms with van der Waals surface area (Å²) in [4.78, 5) is 6.72. The third kappa shape index (κ3) is 2.62. The number of morpholine rings is 1. The first-order valence-electron chi connectivity index (χ1n) is 6.42. The molecule has 1 aliphatic heterocycles. The highest BCUT2D eigenvalue weighted by molar-refractivity contribution is 9.10. The summed E-state index contributed by atoms with van der Waals surface area (Å²) in [7, 11) is 0. The molecule has 1 atom stereocenters. The normalized spacial score (nSPS) is 22.9. The van der Waals surface area contributed by atoms with Crippen LogP contribution in [0.15, 0.2) is 27.1 Å². The molecule has 0 aliphatic carbocycles. The van der Waals surface area contributed by atoms with Crippen molar-refractivity contribution in [1.29, 1.82) is 0 Å². The zero-order chi connectivity index (χ0) is 13.6. The summed E-state index contributed by atoms with van der Waals surface area (Å²) in [6.45, 7) is 7.85. The maximum Gasteiger partial charge on any atom is 0.298 e. The van der Waals surface area contributed by atoms with Crippen LogP contribution in [0.1, 0.15) is 20.8 Å². The Kier molecular flexibility index (Phi) is 3.06. The summed E-state index contributed by atoms with van der Waals surface area (Å²) in [5, 5.41) is 0. The second-order valence-corrected chi connectivity index (χ2v) is 6.59. The number of hydrogen-bond acceptors (Lipinski definition) is 4. The van der Waals surface area contributed by atoms with Gasteiger partial charge in [-0.25, -0.2) is 0 Å². The van der Waals surface area contributed by atoms with Gasteiger partial charge in [0.15, 0.2) is 5.58 Å². The van der Waals surface area contributed by atoms with Crippen molar-refractivity contribution in [3.8, 4) is 0 Å². The summed E-state index contributed by atoms with van der Waals surface area (Å²) < 4.78 is 12.8. The highest BCUT2D eigenvalue weighted by Gasteiger charge is 2.33. The third-order valence-corrected chi connectivity index (χ3v) is 3.67. The van der Waals surface area contributed by atoms with Crippen molar-refractivity contribution >= 4 is 33.0 Å². The fraction of sp³-hybridized carbons (Fsp3) is 0.500. The number of aromatic nitrogens is 1. The molecule has 4 nitrogen and oxygen atoms in total. The lowest BCUT2D eigenvalue weighted by molar-refractivity contribution is -0.0760. The number of hydrogen-bond donors (Lipinski definition) is 0. The predicted molar refractivity (Wildman–Crippen MR) is 78.5 cm³/mol. The Morgan fingerprint density at radius 1 is 1.42 bits per heavy atom. The summed E-state index contributed by atoms with van der Waals surface area (Å²) in [5.74, 6) is 0. The Morgan fingerprint density at radius 2 is 2.21 bits per heavy atom. The molecule has 0 radical (unpaired) electrons. The van der Waals surface area contributed by atoms with E-state index in [0.29, 0.717) is 6.01 Å². The molecule has 1 aromatic heterocycles.